The van der Waals surface area contributed by atoms with Crippen LogP contribution in [0.15, 0.2) is 59.6 Å². The molecule has 1 aliphatic rings. The lowest BCUT2D eigenvalue weighted by Crippen LogP contribution is -2.29. The molecule has 0 radical (unpaired) electrons. The van der Waals surface area contributed by atoms with Gasteiger partial charge in [-0.2, -0.15) is 0 Å². The van der Waals surface area contributed by atoms with Gasteiger partial charge < -0.3 is 5.11 Å². The molecule has 9 heteroatoms. The second-order valence-corrected chi connectivity index (χ2v) is 8.31. The van der Waals surface area contributed by atoms with Gasteiger partial charge >= 0.3 is 5.91 Å². The predicted octanol–water partition coefficient (Wildman–Crippen LogP) is 5.73. The van der Waals surface area contributed by atoms with Crippen LogP contribution in [0.3, 0.4) is 0 Å². The fourth-order valence-corrected chi connectivity index (χ4v) is 4.45. The lowest BCUT2D eigenvalue weighted by Gasteiger charge is -2.23. The molecule has 1 aliphatic heterocycles. The lowest BCUT2D eigenvalue weighted by molar-refractivity contribution is -0.132. The van der Waals surface area contributed by atoms with Gasteiger partial charge in [0.15, 0.2) is 5.13 Å². The Morgan fingerprint density at radius 1 is 1.03 bits per heavy atom. The highest BCUT2D eigenvalue weighted by molar-refractivity contribution is 7.14. The van der Waals surface area contributed by atoms with Gasteiger partial charge in [-0.05, 0) is 42.0 Å². The number of aliphatic hydroxyl groups excluding tert-OH is 1. The number of aliphatic hydroxyl groups is 1. The van der Waals surface area contributed by atoms with E-state index in [1.807, 2.05) is 0 Å². The van der Waals surface area contributed by atoms with Crippen LogP contribution in [0.1, 0.15) is 17.2 Å². The van der Waals surface area contributed by atoms with E-state index in [0.29, 0.717) is 26.3 Å². The Morgan fingerprint density at radius 3 is 2.34 bits per heavy atom. The van der Waals surface area contributed by atoms with Gasteiger partial charge in [0.2, 0.25) is 0 Å². The number of thiazole rings is 1. The normalized spacial score (nSPS) is 18.4. The average Bonchev–Trinajstić information content (AvgIpc) is 3.29. The third-order valence-corrected chi connectivity index (χ3v) is 6.03. The highest BCUT2D eigenvalue weighted by Crippen LogP contribution is 2.45. The van der Waals surface area contributed by atoms with Crippen molar-refractivity contribution < 1.29 is 14.7 Å². The van der Waals surface area contributed by atoms with Crippen LogP contribution >= 0.6 is 46.1 Å². The van der Waals surface area contributed by atoms with Crippen molar-refractivity contribution in [3.63, 3.8) is 0 Å². The minimum Gasteiger partial charge on any atom is -0.507 e. The molecule has 1 atom stereocenters. The number of nitrogens with zero attached hydrogens (tertiary/aromatic N) is 2. The van der Waals surface area contributed by atoms with Crippen LogP contribution < -0.4 is 4.90 Å². The van der Waals surface area contributed by atoms with Gasteiger partial charge in [-0.3, -0.25) is 14.5 Å². The van der Waals surface area contributed by atoms with E-state index in [1.165, 1.54) is 28.5 Å². The first-order valence-corrected chi connectivity index (χ1v) is 10.3. The number of hydrogen-bond acceptors (Lipinski definition) is 5. The molecule has 1 unspecified atom stereocenters. The summed E-state index contributed by atoms with van der Waals surface area (Å²) in [4.78, 5) is 31.2. The van der Waals surface area contributed by atoms with E-state index in [9.17, 15) is 14.7 Å². The minimum atomic E-state index is -0.957. The number of Topliss-reactive ketones (excluding diaryl/α,β-unsaturated/α-hetero) is 1. The second kappa shape index (κ2) is 7.80. The number of carbonyl (C=O) groups excluding carboxylic acids is 2. The summed E-state index contributed by atoms with van der Waals surface area (Å²) in [6.07, 6.45) is 1.53. The third-order valence-electron chi connectivity index (χ3n) is 4.44. The van der Waals surface area contributed by atoms with E-state index < -0.39 is 17.7 Å². The Labute approximate surface area is 184 Å². The number of halogens is 3. The smallest absolute Gasteiger partial charge is 0.301 e. The monoisotopic (exact) mass is 464 g/mol. The van der Waals surface area contributed by atoms with Crippen LogP contribution in [0.25, 0.3) is 5.76 Å². The van der Waals surface area contributed by atoms with Crippen molar-refractivity contribution in [1.29, 1.82) is 0 Å². The molecule has 1 saturated heterocycles. The van der Waals surface area contributed by atoms with E-state index in [-0.39, 0.29) is 16.4 Å². The van der Waals surface area contributed by atoms with Crippen molar-refractivity contribution in [2.24, 2.45) is 0 Å². The van der Waals surface area contributed by atoms with E-state index in [4.69, 9.17) is 34.8 Å². The van der Waals surface area contributed by atoms with Gasteiger partial charge in [0.05, 0.1) is 11.6 Å². The predicted molar refractivity (Wildman–Crippen MR) is 115 cm³/mol. The summed E-state index contributed by atoms with van der Waals surface area (Å²) in [5.74, 6) is -1.95. The molecule has 1 fully saturated rings. The molecule has 0 saturated carbocycles. The average molecular weight is 466 g/mol. The van der Waals surface area contributed by atoms with Crippen LogP contribution in [-0.2, 0) is 9.59 Å². The zero-order chi connectivity index (χ0) is 20.7. The quantitative estimate of drug-likeness (QED) is 0.305. The molecule has 0 aliphatic carbocycles. The Kier molecular flexibility index (Phi) is 5.36. The van der Waals surface area contributed by atoms with E-state index in [0.717, 1.165) is 0 Å². The molecule has 29 heavy (non-hydrogen) atoms. The fourth-order valence-electron chi connectivity index (χ4n) is 3.15. The number of rotatable bonds is 3. The molecular weight excluding hydrogens is 455 g/mol. The van der Waals surface area contributed by atoms with E-state index in [1.54, 1.807) is 41.8 Å². The van der Waals surface area contributed by atoms with Crippen molar-refractivity contribution >= 4 is 68.7 Å². The Bertz CT molecular complexity index is 1140. The number of amides is 1. The minimum absolute atomic E-state index is 0.0863. The van der Waals surface area contributed by atoms with Crippen molar-refractivity contribution in [2.45, 2.75) is 6.04 Å². The highest BCUT2D eigenvalue weighted by atomic mass is 35.5. The van der Waals surface area contributed by atoms with Gasteiger partial charge in [0, 0.05) is 32.2 Å². The molecule has 2 heterocycles. The summed E-state index contributed by atoms with van der Waals surface area (Å²) in [5.41, 5.74) is 0.708. The second-order valence-electron chi connectivity index (χ2n) is 6.16. The number of carbonyl (C=O) groups is 2. The largest absolute Gasteiger partial charge is 0.507 e. The summed E-state index contributed by atoms with van der Waals surface area (Å²) in [6.45, 7) is 0. The topological polar surface area (TPSA) is 70.5 Å². The molecule has 0 spiro atoms. The molecule has 5 nitrogen and oxygen atoms in total. The number of benzene rings is 2. The molecule has 0 bridgehead atoms. The summed E-state index contributed by atoms with van der Waals surface area (Å²) in [5, 5.41) is 14.1. The van der Waals surface area contributed by atoms with Crippen molar-refractivity contribution in [1.82, 2.24) is 4.98 Å². The zero-order valence-corrected chi connectivity index (χ0v) is 17.6. The number of ketones is 1. The standard InChI is InChI=1S/C20H11Cl3N2O3S/c21-11-3-1-10(2-4-11)17(26)15-16(13-6-5-12(22)9-14(13)23)25(19(28)18(15)27)20-24-7-8-29-20/h1-9,16,26H/b17-15-. The molecule has 1 aromatic heterocycles. The Balaban J connectivity index is 1.97. The van der Waals surface area contributed by atoms with Gasteiger partial charge in [-0.1, -0.05) is 40.9 Å². The lowest BCUT2D eigenvalue weighted by atomic mass is 9.95. The molecule has 4 rings (SSSR count). The first-order valence-electron chi connectivity index (χ1n) is 8.30. The first-order chi connectivity index (χ1) is 13.9. The van der Waals surface area contributed by atoms with E-state index >= 15 is 0 Å². The number of anilines is 1. The first kappa shape index (κ1) is 19.9. The van der Waals surface area contributed by atoms with Crippen LogP contribution in [0.4, 0.5) is 5.13 Å². The summed E-state index contributed by atoms with van der Waals surface area (Å²) in [6, 6.07) is 10.1. The maximum atomic E-state index is 12.9. The van der Waals surface area contributed by atoms with Crippen molar-refractivity contribution in [2.75, 3.05) is 4.90 Å². The molecular formula is C20H11Cl3N2O3S. The van der Waals surface area contributed by atoms with Crippen LogP contribution in [0, 0.1) is 0 Å². The van der Waals surface area contributed by atoms with Crippen LogP contribution in [-0.4, -0.2) is 21.8 Å². The van der Waals surface area contributed by atoms with Crippen LogP contribution in [0.2, 0.25) is 15.1 Å². The van der Waals surface area contributed by atoms with Gasteiger partial charge in [0.1, 0.15) is 5.76 Å². The molecule has 1 amide bonds. The third kappa shape index (κ3) is 3.53. The maximum Gasteiger partial charge on any atom is 0.301 e. The summed E-state index contributed by atoms with van der Waals surface area (Å²) >= 11 is 19.5. The van der Waals surface area contributed by atoms with Crippen LogP contribution in [0.5, 0.6) is 0 Å². The zero-order valence-electron chi connectivity index (χ0n) is 14.5. The molecule has 3 aromatic rings. The van der Waals surface area contributed by atoms with Gasteiger partial charge in [-0.25, -0.2) is 4.98 Å². The van der Waals surface area contributed by atoms with Crippen molar-refractivity contribution in [3.8, 4) is 0 Å². The SMILES string of the molecule is O=C1C(=O)N(c2nccs2)C(c2ccc(Cl)cc2Cl)/C1=C(/O)c1ccc(Cl)cc1. The number of aromatic nitrogens is 1. The molecule has 2 aromatic carbocycles. The van der Waals surface area contributed by atoms with Crippen molar-refractivity contribution in [3.05, 3.63) is 85.8 Å². The maximum absolute atomic E-state index is 12.9. The molecule has 1 N–H and O–H groups in total. The Hall–Kier alpha value is -2.38. The summed E-state index contributed by atoms with van der Waals surface area (Å²) in [7, 11) is 0. The van der Waals surface area contributed by atoms with Gasteiger partial charge in [0.25, 0.3) is 5.78 Å². The molecule has 146 valence electrons. The number of hydrogen-bond donors (Lipinski definition) is 1. The van der Waals surface area contributed by atoms with Gasteiger partial charge in [-0.15, -0.1) is 11.3 Å². The summed E-state index contributed by atoms with van der Waals surface area (Å²) < 4.78 is 0. The fraction of sp³-hybridized carbons (Fsp3) is 0.0500. The highest BCUT2D eigenvalue weighted by Gasteiger charge is 2.48. The van der Waals surface area contributed by atoms with E-state index in [2.05, 4.69) is 4.98 Å². The Morgan fingerprint density at radius 2 is 1.72 bits per heavy atom.